The van der Waals surface area contributed by atoms with Crippen molar-refractivity contribution in [2.45, 2.75) is 31.6 Å². The smallest absolute Gasteiger partial charge is 0.303 e. The molecule has 1 atom stereocenters. The molecule has 1 aromatic rings. The van der Waals surface area contributed by atoms with Crippen molar-refractivity contribution in [3.8, 4) is 0 Å². The van der Waals surface area contributed by atoms with Crippen molar-refractivity contribution in [1.82, 2.24) is 14.9 Å². The number of aromatic amines is 1. The van der Waals surface area contributed by atoms with Crippen LogP contribution in [-0.4, -0.2) is 44.9 Å². The molecule has 0 spiro atoms. The molecule has 6 heteroatoms. The third kappa shape index (κ3) is 3.09. The zero-order valence-corrected chi connectivity index (χ0v) is 10.1. The Balaban J connectivity index is 1.90. The van der Waals surface area contributed by atoms with E-state index in [0.29, 0.717) is 6.54 Å². The first kappa shape index (κ1) is 12.6. The first-order valence-corrected chi connectivity index (χ1v) is 6.15. The highest BCUT2D eigenvalue weighted by Gasteiger charge is 2.26. The van der Waals surface area contributed by atoms with Crippen molar-refractivity contribution < 1.29 is 14.7 Å². The lowest BCUT2D eigenvalue weighted by Crippen LogP contribution is -2.39. The number of imidazole rings is 1. The van der Waals surface area contributed by atoms with Crippen LogP contribution in [0.3, 0.4) is 0 Å². The number of carboxylic acid groups (broad SMARTS) is 1. The van der Waals surface area contributed by atoms with Crippen molar-refractivity contribution in [3.05, 3.63) is 18.2 Å². The molecule has 0 radical (unpaired) electrons. The number of aliphatic carboxylic acids is 1. The van der Waals surface area contributed by atoms with Gasteiger partial charge >= 0.3 is 5.97 Å². The van der Waals surface area contributed by atoms with Crippen LogP contribution < -0.4 is 0 Å². The highest BCUT2D eigenvalue weighted by Crippen LogP contribution is 2.24. The zero-order valence-electron chi connectivity index (χ0n) is 10.1. The molecule has 0 bridgehead atoms. The molecular formula is C12H17N3O3. The van der Waals surface area contributed by atoms with E-state index in [4.69, 9.17) is 5.11 Å². The van der Waals surface area contributed by atoms with Crippen molar-refractivity contribution >= 4 is 11.9 Å². The molecule has 0 aromatic carbocycles. The van der Waals surface area contributed by atoms with E-state index in [1.54, 1.807) is 17.3 Å². The van der Waals surface area contributed by atoms with Gasteiger partial charge in [0.1, 0.15) is 5.82 Å². The second-order valence-electron chi connectivity index (χ2n) is 4.55. The Bertz CT molecular complexity index is 416. The third-order valence-electron chi connectivity index (χ3n) is 3.23. The van der Waals surface area contributed by atoms with Gasteiger partial charge in [0.05, 0.1) is 6.42 Å². The number of piperidine rings is 1. The Hall–Kier alpha value is -1.85. The van der Waals surface area contributed by atoms with Crippen molar-refractivity contribution in [1.29, 1.82) is 0 Å². The number of likely N-dealkylation sites (tertiary alicyclic amines) is 1. The van der Waals surface area contributed by atoms with Crippen LogP contribution in [0.1, 0.15) is 37.4 Å². The van der Waals surface area contributed by atoms with Crippen LogP contribution in [0.2, 0.25) is 0 Å². The first-order chi connectivity index (χ1) is 8.66. The number of aromatic nitrogens is 2. The summed E-state index contributed by atoms with van der Waals surface area (Å²) < 4.78 is 0. The summed E-state index contributed by atoms with van der Waals surface area (Å²) in [5.41, 5.74) is 0. The predicted octanol–water partition coefficient (Wildman–Crippen LogP) is 0.980. The van der Waals surface area contributed by atoms with Gasteiger partial charge in [0.2, 0.25) is 5.91 Å². The van der Waals surface area contributed by atoms with E-state index in [9.17, 15) is 9.59 Å². The molecule has 1 aliphatic rings. The van der Waals surface area contributed by atoms with Crippen LogP contribution >= 0.6 is 0 Å². The van der Waals surface area contributed by atoms with Crippen LogP contribution in [0.25, 0.3) is 0 Å². The van der Waals surface area contributed by atoms with E-state index in [1.807, 2.05) is 0 Å². The summed E-state index contributed by atoms with van der Waals surface area (Å²) in [6, 6.07) is 0. The maximum atomic E-state index is 11.8. The molecule has 2 rings (SSSR count). The normalized spacial score (nSPS) is 19.8. The third-order valence-corrected chi connectivity index (χ3v) is 3.23. The zero-order chi connectivity index (χ0) is 13.0. The average Bonchev–Trinajstić information content (AvgIpc) is 2.90. The van der Waals surface area contributed by atoms with Gasteiger partial charge in [-0.05, 0) is 12.8 Å². The standard InChI is InChI=1S/C12H17N3O3/c16-10(3-4-11(17)18)15-7-1-2-9(8-15)12-13-5-6-14-12/h5-6,9H,1-4,7-8H2,(H,13,14)(H,17,18). The summed E-state index contributed by atoms with van der Waals surface area (Å²) in [5, 5.41) is 8.58. The Kier molecular flexibility index (Phi) is 3.96. The number of rotatable bonds is 4. The number of carbonyl (C=O) groups excluding carboxylic acids is 1. The number of nitrogens with zero attached hydrogens (tertiary/aromatic N) is 2. The van der Waals surface area contributed by atoms with Crippen LogP contribution in [0, 0.1) is 0 Å². The number of carboxylic acids is 1. The van der Waals surface area contributed by atoms with Crippen LogP contribution in [0.15, 0.2) is 12.4 Å². The van der Waals surface area contributed by atoms with Gasteiger partial charge in [-0.3, -0.25) is 9.59 Å². The van der Waals surface area contributed by atoms with Crippen LogP contribution in [-0.2, 0) is 9.59 Å². The van der Waals surface area contributed by atoms with Crippen LogP contribution in [0.4, 0.5) is 0 Å². The van der Waals surface area contributed by atoms with Gasteiger partial charge in [0.15, 0.2) is 0 Å². The van der Waals surface area contributed by atoms with E-state index in [0.717, 1.165) is 25.2 Å². The molecule has 2 heterocycles. The Labute approximate surface area is 105 Å². The maximum absolute atomic E-state index is 11.8. The monoisotopic (exact) mass is 251 g/mol. The summed E-state index contributed by atoms with van der Waals surface area (Å²) in [7, 11) is 0. The summed E-state index contributed by atoms with van der Waals surface area (Å²) >= 11 is 0. The summed E-state index contributed by atoms with van der Waals surface area (Å²) in [4.78, 5) is 31.3. The fraction of sp³-hybridized carbons (Fsp3) is 0.583. The summed E-state index contributed by atoms with van der Waals surface area (Å²) in [6.45, 7) is 1.35. The number of H-pyrrole nitrogens is 1. The first-order valence-electron chi connectivity index (χ1n) is 6.15. The van der Waals surface area contributed by atoms with Gasteiger partial charge in [0.25, 0.3) is 0 Å². The second-order valence-corrected chi connectivity index (χ2v) is 4.55. The fourth-order valence-corrected chi connectivity index (χ4v) is 2.30. The van der Waals surface area contributed by atoms with E-state index in [-0.39, 0.29) is 24.7 Å². The van der Waals surface area contributed by atoms with Gasteiger partial charge in [-0.25, -0.2) is 4.98 Å². The summed E-state index contributed by atoms with van der Waals surface area (Å²) in [5.74, 6) is 0.143. The van der Waals surface area contributed by atoms with Gasteiger partial charge in [-0.15, -0.1) is 0 Å². The molecular weight excluding hydrogens is 234 g/mol. The van der Waals surface area contributed by atoms with E-state index >= 15 is 0 Å². The van der Waals surface area contributed by atoms with E-state index in [2.05, 4.69) is 9.97 Å². The number of carbonyl (C=O) groups is 2. The molecule has 6 nitrogen and oxygen atoms in total. The SMILES string of the molecule is O=C(O)CCC(=O)N1CCCC(c2ncc[nH]2)C1. The lowest BCUT2D eigenvalue weighted by Gasteiger charge is -2.31. The molecule has 0 aliphatic carbocycles. The Morgan fingerprint density at radius 3 is 3.00 bits per heavy atom. The minimum atomic E-state index is -0.928. The van der Waals surface area contributed by atoms with Gasteiger partial charge in [-0.1, -0.05) is 0 Å². The lowest BCUT2D eigenvalue weighted by molar-refractivity contribution is -0.141. The minimum absolute atomic E-state index is 0.0753. The minimum Gasteiger partial charge on any atom is -0.481 e. The lowest BCUT2D eigenvalue weighted by atomic mass is 9.97. The van der Waals surface area contributed by atoms with Crippen molar-refractivity contribution in [2.75, 3.05) is 13.1 Å². The molecule has 1 aromatic heterocycles. The number of hydrogen-bond donors (Lipinski definition) is 2. The molecule has 98 valence electrons. The van der Waals surface area contributed by atoms with Crippen molar-refractivity contribution in [3.63, 3.8) is 0 Å². The molecule has 0 saturated carbocycles. The van der Waals surface area contributed by atoms with Crippen LogP contribution in [0.5, 0.6) is 0 Å². The largest absolute Gasteiger partial charge is 0.481 e. The van der Waals surface area contributed by atoms with Gasteiger partial charge in [0, 0.05) is 37.8 Å². The molecule has 1 fully saturated rings. The predicted molar refractivity (Wildman–Crippen MR) is 64.0 cm³/mol. The highest BCUT2D eigenvalue weighted by molar-refractivity contribution is 5.80. The maximum Gasteiger partial charge on any atom is 0.303 e. The molecule has 1 amide bonds. The quantitative estimate of drug-likeness (QED) is 0.835. The molecule has 1 saturated heterocycles. The molecule has 18 heavy (non-hydrogen) atoms. The average molecular weight is 251 g/mol. The summed E-state index contributed by atoms with van der Waals surface area (Å²) in [6.07, 6.45) is 5.42. The van der Waals surface area contributed by atoms with Crippen molar-refractivity contribution in [2.24, 2.45) is 0 Å². The Morgan fingerprint density at radius 2 is 2.33 bits per heavy atom. The Morgan fingerprint density at radius 1 is 1.50 bits per heavy atom. The van der Waals surface area contributed by atoms with E-state index in [1.165, 1.54) is 0 Å². The number of amides is 1. The fourth-order valence-electron chi connectivity index (χ4n) is 2.30. The molecule has 1 aliphatic heterocycles. The van der Waals surface area contributed by atoms with Gasteiger partial charge < -0.3 is 15.0 Å². The van der Waals surface area contributed by atoms with E-state index < -0.39 is 5.97 Å². The highest BCUT2D eigenvalue weighted by atomic mass is 16.4. The second kappa shape index (κ2) is 5.66. The topological polar surface area (TPSA) is 86.3 Å². The number of hydrogen-bond acceptors (Lipinski definition) is 3. The van der Waals surface area contributed by atoms with Gasteiger partial charge in [-0.2, -0.15) is 0 Å². The molecule has 1 unspecified atom stereocenters. The molecule has 2 N–H and O–H groups in total. The number of nitrogens with one attached hydrogen (secondary N) is 1.